The zero-order chi connectivity index (χ0) is 18.1. The number of thiophene rings is 1. The van der Waals surface area contributed by atoms with Crippen LogP contribution in [0.3, 0.4) is 0 Å². The van der Waals surface area contributed by atoms with E-state index < -0.39 is 0 Å². The fraction of sp³-hybridized carbons (Fsp3) is 0.222. The topological polar surface area (TPSA) is 46.9 Å². The molecule has 1 N–H and O–H groups in total. The fourth-order valence-corrected chi connectivity index (χ4v) is 4.55. The van der Waals surface area contributed by atoms with Gasteiger partial charge in [-0.15, -0.1) is 11.3 Å². The van der Waals surface area contributed by atoms with Crippen LogP contribution in [0.4, 0.5) is 5.69 Å². The lowest BCUT2D eigenvalue weighted by Crippen LogP contribution is -2.12. The van der Waals surface area contributed by atoms with Crippen molar-refractivity contribution in [2.24, 2.45) is 0 Å². The molecule has 7 heteroatoms. The van der Waals surface area contributed by atoms with Crippen LogP contribution in [-0.4, -0.2) is 15.7 Å². The summed E-state index contributed by atoms with van der Waals surface area (Å²) in [5.41, 5.74) is 4.99. The summed E-state index contributed by atoms with van der Waals surface area (Å²) in [4.78, 5) is 13.2. The van der Waals surface area contributed by atoms with E-state index in [1.165, 1.54) is 22.5 Å². The van der Waals surface area contributed by atoms with Crippen LogP contribution in [0, 0.1) is 20.8 Å². The van der Waals surface area contributed by atoms with Gasteiger partial charge in [-0.3, -0.25) is 9.48 Å². The summed E-state index contributed by atoms with van der Waals surface area (Å²) in [5, 5.41) is 7.61. The molecule has 0 aliphatic heterocycles. The average Bonchev–Trinajstić information content (AvgIpc) is 3.04. The molecule has 3 aromatic rings. The Balaban J connectivity index is 1.84. The van der Waals surface area contributed by atoms with Crippen LogP contribution >= 0.6 is 43.2 Å². The Morgan fingerprint density at radius 3 is 2.60 bits per heavy atom. The largest absolute Gasteiger partial charge is 0.318 e. The first-order valence-corrected chi connectivity index (χ1v) is 10.1. The number of benzene rings is 1. The smallest absolute Gasteiger partial charge is 0.265 e. The van der Waals surface area contributed by atoms with Crippen molar-refractivity contribution in [1.82, 2.24) is 9.78 Å². The first kappa shape index (κ1) is 18.4. The molecule has 0 aliphatic carbocycles. The molecule has 1 aromatic carbocycles. The number of hydrogen-bond donors (Lipinski definition) is 1. The highest BCUT2D eigenvalue weighted by Gasteiger charge is 2.18. The minimum atomic E-state index is -0.127. The molecular formula is C18H17Br2N3OS. The SMILES string of the molecule is Cc1ccccc1Cn1nc(C)c(NC(=O)c2cc(Br)c(Br)s2)c1C. The number of nitrogens with one attached hydrogen (secondary N) is 1. The van der Waals surface area contributed by atoms with Gasteiger partial charge in [0, 0.05) is 4.47 Å². The number of rotatable bonds is 4. The molecule has 0 fully saturated rings. The van der Waals surface area contributed by atoms with Crippen molar-refractivity contribution < 1.29 is 4.79 Å². The first-order chi connectivity index (χ1) is 11.9. The number of halogens is 2. The van der Waals surface area contributed by atoms with Crippen LogP contribution in [0.25, 0.3) is 0 Å². The summed E-state index contributed by atoms with van der Waals surface area (Å²) < 4.78 is 3.72. The standard InChI is InChI=1S/C18H17Br2N3OS/c1-10-6-4-5-7-13(10)9-23-12(3)16(11(2)22-23)21-18(24)15-8-14(19)17(20)25-15/h4-8H,9H2,1-3H3,(H,21,24). The second-order valence-electron chi connectivity index (χ2n) is 5.82. The van der Waals surface area contributed by atoms with Gasteiger partial charge in [0.2, 0.25) is 0 Å². The maximum Gasteiger partial charge on any atom is 0.265 e. The Bertz CT molecular complexity index is 926. The quantitative estimate of drug-likeness (QED) is 0.518. The van der Waals surface area contributed by atoms with Crippen molar-refractivity contribution in [3.05, 3.63) is 66.0 Å². The lowest BCUT2D eigenvalue weighted by molar-refractivity contribution is 0.103. The van der Waals surface area contributed by atoms with Crippen molar-refractivity contribution >= 4 is 54.8 Å². The molecule has 0 bridgehead atoms. The monoisotopic (exact) mass is 481 g/mol. The van der Waals surface area contributed by atoms with Gasteiger partial charge in [0.05, 0.1) is 32.3 Å². The van der Waals surface area contributed by atoms with E-state index in [1.807, 2.05) is 36.7 Å². The zero-order valence-electron chi connectivity index (χ0n) is 14.1. The molecule has 0 radical (unpaired) electrons. The third-order valence-electron chi connectivity index (χ3n) is 4.07. The molecular weight excluding hydrogens is 466 g/mol. The Kier molecular flexibility index (Phi) is 5.46. The summed E-state index contributed by atoms with van der Waals surface area (Å²) >= 11 is 8.23. The molecule has 25 heavy (non-hydrogen) atoms. The number of carbonyl (C=O) groups is 1. The molecule has 1 amide bonds. The van der Waals surface area contributed by atoms with Gasteiger partial charge in [0.15, 0.2) is 0 Å². The summed E-state index contributed by atoms with van der Waals surface area (Å²) in [6.07, 6.45) is 0. The van der Waals surface area contributed by atoms with Crippen molar-refractivity contribution in [2.45, 2.75) is 27.3 Å². The first-order valence-electron chi connectivity index (χ1n) is 7.71. The van der Waals surface area contributed by atoms with E-state index in [1.54, 1.807) is 0 Å². The molecule has 0 atom stereocenters. The van der Waals surface area contributed by atoms with E-state index in [4.69, 9.17) is 0 Å². The van der Waals surface area contributed by atoms with E-state index in [-0.39, 0.29) is 5.91 Å². The number of anilines is 1. The summed E-state index contributed by atoms with van der Waals surface area (Å²) in [5.74, 6) is -0.127. The molecule has 0 saturated carbocycles. The Labute approximate surface area is 167 Å². The van der Waals surface area contributed by atoms with Crippen LogP contribution in [0.1, 0.15) is 32.2 Å². The molecule has 0 unspecified atom stereocenters. The van der Waals surface area contributed by atoms with Gasteiger partial charge >= 0.3 is 0 Å². The third kappa shape index (κ3) is 3.88. The van der Waals surface area contributed by atoms with Gasteiger partial charge in [0.25, 0.3) is 5.91 Å². The highest BCUT2D eigenvalue weighted by molar-refractivity contribution is 9.13. The number of aryl methyl sites for hydroxylation is 2. The van der Waals surface area contributed by atoms with Crippen LogP contribution < -0.4 is 5.32 Å². The molecule has 0 saturated heterocycles. The van der Waals surface area contributed by atoms with Crippen LogP contribution in [0.2, 0.25) is 0 Å². The van der Waals surface area contributed by atoms with Crippen molar-refractivity contribution in [1.29, 1.82) is 0 Å². The van der Waals surface area contributed by atoms with E-state index >= 15 is 0 Å². The van der Waals surface area contributed by atoms with Crippen LogP contribution in [0.15, 0.2) is 38.6 Å². The van der Waals surface area contributed by atoms with Crippen molar-refractivity contribution in [3.8, 4) is 0 Å². The predicted molar refractivity (Wildman–Crippen MR) is 110 cm³/mol. The molecule has 3 rings (SSSR count). The van der Waals surface area contributed by atoms with Gasteiger partial charge in [-0.2, -0.15) is 5.10 Å². The average molecular weight is 483 g/mol. The van der Waals surface area contributed by atoms with Crippen LogP contribution in [0.5, 0.6) is 0 Å². The molecule has 2 aromatic heterocycles. The van der Waals surface area contributed by atoms with E-state index in [0.29, 0.717) is 11.4 Å². The number of carbonyl (C=O) groups excluding carboxylic acids is 1. The van der Waals surface area contributed by atoms with Crippen molar-refractivity contribution in [2.75, 3.05) is 5.32 Å². The minimum Gasteiger partial charge on any atom is -0.318 e. The Morgan fingerprint density at radius 2 is 1.96 bits per heavy atom. The van der Waals surface area contributed by atoms with Gasteiger partial charge < -0.3 is 5.32 Å². The molecule has 130 valence electrons. The fourth-order valence-electron chi connectivity index (χ4n) is 2.61. The van der Waals surface area contributed by atoms with Gasteiger partial charge in [0.1, 0.15) is 0 Å². The molecule has 0 aliphatic rings. The normalized spacial score (nSPS) is 10.9. The predicted octanol–water partition coefficient (Wildman–Crippen LogP) is 5.70. The minimum absolute atomic E-state index is 0.127. The van der Waals surface area contributed by atoms with Gasteiger partial charge in [-0.1, -0.05) is 24.3 Å². The number of aromatic nitrogens is 2. The summed E-state index contributed by atoms with van der Waals surface area (Å²) in [6, 6.07) is 10.1. The maximum absolute atomic E-state index is 12.5. The lowest BCUT2D eigenvalue weighted by atomic mass is 10.1. The Hall–Kier alpha value is -1.44. The highest BCUT2D eigenvalue weighted by atomic mass is 79.9. The van der Waals surface area contributed by atoms with E-state index in [9.17, 15) is 4.79 Å². The second-order valence-corrected chi connectivity index (χ2v) is 9.04. The van der Waals surface area contributed by atoms with E-state index in [0.717, 1.165) is 25.3 Å². The van der Waals surface area contributed by atoms with Gasteiger partial charge in [-0.25, -0.2) is 0 Å². The number of nitrogens with zero attached hydrogens (tertiary/aromatic N) is 2. The van der Waals surface area contributed by atoms with E-state index in [2.05, 4.69) is 61.3 Å². The maximum atomic E-state index is 12.5. The highest BCUT2D eigenvalue weighted by Crippen LogP contribution is 2.33. The summed E-state index contributed by atoms with van der Waals surface area (Å²) in [7, 11) is 0. The number of hydrogen-bond acceptors (Lipinski definition) is 3. The van der Waals surface area contributed by atoms with Crippen LogP contribution in [-0.2, 0) is 6.54 Å². The zero-order valence-corrected chi connectivity index (χ0v) is 18.0. The molecule has 4 nitrogen and oxygen atoms in total. The Morgan fingerprint density at radius 1 is 1.24 bits per heavy atom. The third-order valence-corrected chi connectivity index (χ3v) is 7.33. The molecule has 2 heterocycles. The molecule has 0 spiro atoms. The van der Waals surface area contributed by atoms with Crippen molar-refractivity contribution in [3.63, 3.8) is 0 Å². The number of amides is 1. The summed E-state index contributed by atoms with van der Waals surface area (Å²) in [6.45, 7) is 6.67. The lowest BCUT2D eigenvalue weighted by Gasteiger charge is -2.08. The van der Waals surface area contributed by atoms with Gasteiger partial charge in [-0.05, 0) is 69.8 Å². The second kappa shape index (κ2) is 7.43.